The summed E-state index contributed by atoms with van der Waals surface area (Å²) in [6.45, 7) is 3.54. The van der Waals surface area contributed by atoms with E-state index in [1.54, 1.807) is 67.6 Å². The van der Waals surface area contributed by atoms with E-state index in [1.165, 1.54) is 0 Å². The average molecular weight is 489 g/mol. The first kappa shape index (κ1) is 21.9. The minimum absolute atomic E-state index is 0.185. The standard InChI is InChI=1S/C22H21BrN2O4S/c1-15-3-13-21(14-4-15)30(27,28)25-19-9-7-18(8-10-19)24-22(26)16(2)29-20-11-5-17(23)6-12-20/h3-14,16,25H,1-2H3,(H,24,26). The maximum absolute atomic E-state index is 12.5. The Morgan fingerprint density at radius 2 is 1.47 bits per heavy atom. The number of aryl methyl sites for hydroxylation is 1. The fourth-order valence-corrected chi connectivity index (χ4v) is 3.89. The molecule has 0 heterocycles. The van der Waals surface area contributed by atoms with E-state index < -0.39 is 16.1 Å². The molecule has 3 rings (SSSR count). The molecule has 0 saturated carbocycles. The van der Waals surface area contributed by atoms with Crippen LogP contribution in [0.15, 0.2) is 82.2 Å². The Bertz CT molecular complexity index is 1110. The van der Waals surface area contributed by atoms with Gasteiger partial charge in [0, 0.05) is 15.8 Å². The lowest BCUT2D eigenvalue weighted by atomic mass is 10.2. The van der Waals surface area contributed by atoms with E-state index in [9.17, 15) is 13.2 Å². The second kappa shape index (κ2) is 9.32. The van der Waals surface area contributed by atoms with Crippen molar-refractivity contribution in [3.8, 4) is 5.75 Å². The third kappa shape index (κ3) is 5.84. The monoisotopic (exact) mass is 488 g/mol. The van der Waals surface area contributed by atoms with Crippen LogP contribution in [0.4, 0.5) is 11.4 Å². The number of amides is 1. The molecular weight excluding hydrogens is 468 g/mol. The number of sulfonamides is 1. The number of hydrogen-bond acceptors (Lipinski definition) is 4. The molecular formula is C22H21BrN2O4S. The molecule has 6 nitrogen and oxygen atoms in total. The summed E-state index contributed by atoms with van der Waals surface area (Å²) in [5, 5.41) is 2.75. The predicted octanol–water partition coefficient (Wildman–Crippen LogP) is 4.96. The quantitative estimate of drug-likeness (QED) is 0.491. The maximum atomic E-state index is 12.5. The molecule has 0 saturated heterocycles. The molecule has 1 amide bonds. The van der Waals surface area contributed by atoms with Crippen LogP contribution >= 0.6 is 15.9 Å². The van der Waals surface area contributed by atoms with E-state index in [-0.39, 0.29) is 10.8 Å². The molecule has 0 aromatic heterocycles. The first-order valence-corrected chi connectivity index (χ1v) is 11.4. The van der Waals surface area contributed by atoms with E-state index in [0.717, 1.165) is 10.0 Å². The maximum Gasteiger partial charge on any atom is 0.265 e. The zero-order valence-corrected chi connectivity index (χ0v) is 18.8. The predicted molar refractivity (Wildman–Crippen MR) is 121 cm³/mol. The molecule has 1 atom stereocenters. The van der Waals surface area contributed by atoms with E-state index in [0.29, 0.717) is 17.1 Å². The van der Waals surface area contributed by atoms with Gasteiger partial charge in [0.15, 0.2) is 6.10 Å². The number of halogens is 1. The lowest BCUT2D eigenvalue weighted by Crippen LogP contribution is -2.30. The van der Waals surface area contributed by atoms with Gasteiger partial charge in [0.05, 0.1) is 4.90 Å². The molecule has 0 fully saturated rings. The highest BCUT2D eigenvalue weighted by Crippen LogP contribution is 2.20. The summed E-state index contributed by atoms with van der Waals surface area (Å²) >= 11 is 3.35. The molecule has 8 heteroatoms. The summed E-state index contributed by atoms with van der Waals surface area (Å²) in [5.74, 6) is 0.271. The smallest absolute Gasteiger partial charge is 0.265 e. The molecule has 2 N–H and O–H groups in total. The molecule has 0 spiro atoms. The van der Waals surface area contributed by atoms with Gasteiger partial charge >= 0.3 is 0 Å². The molecule has 0 radical (unpaired) electrons. The van der Waals surface area contributed by atoms with Gasteiger partial charge in [0.1, 0.15) is 5.75 Å². The van der Waals surface area contributed by atoms with Crippen molar-refractivity contribution in [2.75, 3.05) is 10.0 Å². The molecule has 0 bridgehead atoms. The van der Waals surface area contributed by atoms with E-state index in [2.05, 4.69) is 26.0 Å². The molecule has 0 aliphatic carbocycles. The number of nitrogens with one attached hydrogen (secondary N) is 2. The number of carbonyl (C=O) groups is 1. The number of ether oxygens (including phenoxy) is 1. The van der Waals surface area contributed by atoms with Crippen LogP contribution in [-0.2, 0) is 14.8 Å². The highest BCUT2D eigenvalue weighted by Gasteiger charge is 2.16. The Balaban J connectivity index is 1.60. The van der Waals surface area contributed by atoms with Crippen LogP contribution in [0.25, 0.3) is 0 Å². The van der Waals surface area contributed by atoms with Gasteiger partial charge in [-0.25, -0.2) is 8.42 Å². The molecule has 0 aliphatic rings. The van der Waals surface area contributed by atoms with Crippen LogP contribution in [0.3, 0.4) is 0 Å². The molecule has 3 aromatic carbocycles. The fourth-order valence-electron chi connectivity index (χ4n) is 2.57. The normalized spacial score (nSPS) is 12.1. The van der Waals surface area contributed by atoms with Crippen molar-refractivity contribution in [3.63, 3.8) is 0 Å². The third-order valence-electron chi connectivity index (χ3n) is 4.23. The van der Waals surface area contributed by atoms with Crippen molar-refractivity contribution in [3.05, 3.63) is 82.8 Å². The summed E-state index contributed by atoms with van der Waals surface area (Å²) in [6.07, 6.45) is -0.703. The number of rotatable bonds is 7. The summed E-state index contributed by atoms with van der Waals surface area (Å²) in [6, 6.07) is 20.2. The second-order valence-corrected chi connectivity index (χ2v) is 9.30. The lowest BCUT2D eigenvalue weighted by Gasteiger charge is -2.15. The summed E-state index contributed by atoms with van der Waals surface area (Å²) in [4.78, 5) is 12.5. The first-order chi connectivity index (χ1) is 14.2. The third-order valence-corrected chi connectivity index (χ3v) is 6.16. The fraction of sp³-hybridized carbons (Fsp3) is 0.136. The number of carbonyl (C=O) groups excluding carboxylic acids is 1. The Hall–Kier alpha value is -2.84. The second-order valence-electron chi connectivity index (χ2n) is 6.70. The van der Waals surface area contributed by atoms with Gasteiger partial charge in [-0.15, -0.1) is 0 Å². The van der Waals surface area contributed by atoms with Crippen LogP contribution in [0.1, 0.15) is 12.5 Å². The van der Waals surface area contributed by atoms with Crippen LogP contribution in [0.5, 0.6) is 5.75 Å². The van der Waals surface area contributed by atoms with Gasteiger partial charge in [-0.1, -0.05) is 33.6 Å². The van der Waals surface area contributed by atoms with Crippen LogP contribution in [0, 0.1) is 6.92 Å². The lowest BCUT2D eigenvalue weighted by molar-refractivity contribution is -0.122. The Morgan fingerprint density at radius 3 is 2.07 bits per heavy atom. The molecule has 30 heavy (non-hydrogen) atoms. The van der Waals surface area contributed by atoms with Gasteiger partial charge < -0.3 is 10.1 Å². The summed E-state index contributed by atoms with van der Waals surface area (Å²) < 4.78 is 34.0. The molecule has 1 unspecified atom stereocenters. The van der Waals surface area contributed by atoms with Crippen molar-refractivity contribution in [1.29, 1.82) is 0 Å². The Kier molecular flexibility index (Phi) is 6.79. The zero-order chi connectivity index (χ0) is 21.7. The van der Waals surface area contributed by atoms with E-state index in [4.69, 9.17) is 4.74 Å². The molecule has 0 aliphatic heterocycles. The average Bonchev–Trinajstić information content (AvgIpc) is 2.71. The molecule has 3 aromatic rings. The van der Waals surface area contributed by atoms with Crippen LogP contribution in [-0.4, -0.2) is 20.4 Å². The van der Waals surface area contributed by atoms with E-state index in [1.807, 2.05) is 19.1 Å². The van der Waals surface area contributed by atoms with Crippen molar-refractivity contribution < 1.29 is 17.9 Å². The number of hydrogen-bond donors (Lipinski definition) is 2. The minimum Gasteiger partial charge on any atom is -0.481 e. The van der Waals surface area contributed by atoms with Crippen molar-refractivity contribution in [2.24, 2.45) is 0 Å². The van der Waals surface area contributed by atoms with Crippen molar-refractivity contribution in [1.82, 2.24) is 0 Å². The van der Waals surface area contributed by atoms with Crippen LogP contribution < -0.4 is 14.8 Å². The molecule has 156 valence electrons. The van der Waals surface area contributed by atoms with Gasteiger partial charge in [-0.05, 0) is 74.5 Å². The number of benzene rings is 3. The van der Waals surface area contributed by atoms with Gasteiger partial charge in [0.2, 0.25) is 0 Å². The SMILES string of the molecule is Cc1ccc(S(=O)(=O)Nc2ccc(NC(=O)C(C)Oc3ccc(Br)cc3)cc2)cc1. The topological polar surface area (TPSA) is 84.5 Å². The summed E-state index contributed by atoms with van der Waals surface area (Å²) in [5.41, 5.74) is 1.91. The van der Waals surface area contributed by atoms with Gasteiger partial charge in [-0.2, -0.15) is 0 Å². The Labute approximate surface area is 184 Å². The van der Waals surface area contributed by atoms with Crippen molar-refractivity contribution >= 4 is 43.2 Å². The first-order valence-electron chi connectivity index (χ1n) is 9.15. The van der Waals surface area contributed by atoms with Gasteiger partial charge in [-0.3, -0.25) is 9.52 Å². The van der Waals surface area contributed by atoms with Gasteiger partial charge in [0.25, 0.3) is 15.9 Å². The summed E-state index contributed by atoms with van der Waals surface area (Å²) in [7, 11) is -3.68. The van der Waals surface area contributed by atoms with Crippen molar-refractivity contribution in [2.45, 2.75) is 24.8 Å². The highest BCUT2D eigenvalue weighted by atomic mass is 79.9. The number of anilines is 2. The van der Waals surface area contributed by atoms with E-state index >= 15 is 0 Å². The Morgan fingerprint density at radius 1 is 0.900 bits per heavy atom. The zero-order valence-electron chi connectivity index (χ0n) is 16.4. The van der Waals surface area contributed by atoms with Crippen LogP contribution in [0.2, 0.25) is 0 Å². The highest BCUT2D eigenvalue weighted by molar-refractivity contribution is 9.10. The largest absolute Gasteiger partial charge is 0.481 e. The minimum atomic E-state index is -3.68.